The molecule has 63 heavy (non-hydrogen) atoms. The molecule has 0 fully saturated rings. The lowest BCUT2D eigenvalue weighted by Crippen LogP contribution is -2.11. The van der Waals surface area contributed by atoms with Crippen molar-refractivity contribution >= 4 is 121 Å². The maximum Gasteiger partial charge on any atom is 0.159 e. The molecule has 0 radical (unpaired) electrons. The fourth-order valence-corrected chi connectivity index (χ4v) is 9.61. The van der Waals surface area contributed by atoms with Gasteiger partial charge < -0.3 is 23.1 Å². The van der Waals surface area contributed by atoms with Crippen molar-refractivity contribution in [1.82, 2.24) is 0 Å². The van der Waals surface area contributed by atoms with Crippen molar-refractivity contribution in [3.63, 3.8) is 0 Å². The molecule has 7 heteroatoms. The summed E-state index contributed by atoms with van der Waals surface area (Å²) in [7, 11) is 0. The van der Waals surface area contributed by atoms with Gasteiger partial charge in [0.1, 0.15) is 34.0 Å². The summed E-state index contributed by atoms with van der Waals surface area (Å²) in [6.45, 7) is 0. The van der Waals surface area contributed by atoms with Gasteiger partial charge in [-0.1, -0.05) is 109 Å². The predicted molar refractivity (Wildman–Crippen MR) is 253 cm³/mol. The van der Waals surface area contributed by atoms with Gasteiger partial charge in [-0.2, -0.15) is 0 Å². The Morgan fingerprint density at radius 1 is 0.286 bits per heavy atom. The second-order valence-corrected chi connectivity index (χ2v) is 15.9. The van der Waals surface area contributed by atoms with E-state index in [1.165, 1.54) is 24.3 Å². The number of hydrogen-bond acceptors (Lipinski definition) is 5. The number of para-hydroxylation sites is 4. The van der Waals surface area contributed by atoms with E-state index in [0.717, 1.165) is 110 Å². The van der Waals surface area contributed by atoms with E-state index in [2.05, 4.69) is 76.5 Å². The molecule has 5 nitrogen and oxygen atoms in total. The number of furan rings is 3. The van der Waals surface area contributed by atoms with Crippen molar-refractivity contribution in [1.29, 1.82) is 0 Å². The molecule has 3 heterocycles. The summed E-state index contributed by atoms with van der Waals surface area (Å²) in [5, 5.41) is 9.64. The summed E-state index contributed by atoms with van der Waals surface area (Å²) in [5.74, 6) is -0.651. The minimum Gasteiger partial charge on any atom is -0.455 e. The first kappa shape index (κ1) is 35.3. The van der Waals surface area contributed by atoms with E-state index in [-0.39, 0.29) is 11.6 Å². The van der Waals surface area contributed by atoms with Gasteiger partial charge in [-0.15, -0.1) is 0 Å². The van der Waals surface area contributed by atoms with Gasteiger partial charge in [0.2, 0.25) is 0 Å². The Balaban J connectivity index is 1.11. The van der Waals surface area contributed by atoms with Gasteiger partial charge in [0.15, 0.2) is 11.2 Å². The van der Waals surface area contributed by atoms with Gasteiger partial charge in [-0.25, -0.2) is 8.78 Å². The quantitative estimate of drug-likeness (QED) is 0.167. The predicted octanol–water partition coefficient (Wildman–Crippen LogP) is 16.9. The monoisotopic (exact) mass is 818 g/mol. The van der Waals surface area contributed by atoms with E-state index in [4.69, 9.17) is 13.3 Å². The first-order valence-electron chi connectivity index (χ1n) is 20.8. The molecule has 13 rings (SSSR count). The van der Waals surface area contributed by atoms with Crippen molar-refractivity contribution in [2.45, 2.75) is 0 Å². The van der Waals surface area contributed by atoms with E-state index < -0.39 is 0 Å². The molecule has 0 aliphatic heterocycles. The molecule has 0 spiro atoms. The number of halogens is 2. The largest absolute Gasteiger partial charge is 0.455 e. The summed E-state index contributed by atoms with van der Waals surface area (Å²) in [6.07, 6.45) is 0. The van der Waals surface area contributed by atoms with Crippen LogP contribution >= 0.6 is 0 Å². The van der Waals surface area contributed by atoms with Crippen molar-refractivity contribution in [3.8, 4) is 0 Å². The summed E-state index contributed by atoms with van der Waals surface area (Å²) in [4.78, 5) is 4.29. The molecule has 0 aliphatic rings. The zero-order valence-corrected chi connectivity index (χ0v) is 33.4. The molecular weight excluding hydrogens is 787 g/mol. The highest BCUT2D eigenvalue weighted by Gasteiger charge is 2.27. The van der Waals surface area contributed by atoms with Crippen molar-refractivity contribution < 1.29 is 22.0 Å². The molecular formula is C56H32F2N2O3. The fraction of sp³-hybridized carbons (Fsp3) is 0. The van der Waals surface area contributed by atoms with Gasteiger partial charge in [0.25, 0.3) is 0 Å². The van der Waals surface area contributed by atoms with E-state index >= 15 is 0 Å². The third-order valence-corrected chi connectivity index (χ3v) is 12.3. The molecule has 13 aromatic rings. The van der Waals surface area contributed by atoms with Gasteiger partial charge in [-0.05, 0) is 84.2 Å². The third-order valence-electron chi connectivity index (χ3n) is 12.3. The van der Waals surface area contributed by atoms with Crippen molar-refractivity contribution in [2.24, 2.45) is 0 Å². The van der Waals surface area contributed by atoms with Gasteiger partial charge in [-0.3, -0.25) is 0 Å². The summed E-state index contributed by atoms with van der Waals surface area (Å²) in [6, 6.07) is 62.3. The summed E-state index contributed by atoms with van der Waals surface area (Å²) < 4.78 is 49.6. The van der Waals surface area contributed by atoms with Crippen LogP contribution in [0.2, 0.25) is 0 Å². The minimum atomic E-state index is -0.327. The number of fused-ring (bicyclic) bond motifs is 13. The fourth-order valence-electron chi connectivity index (χ4n) is 9.61. The minimum absolute atomic E-state index is 0.324. The van der Waals surface area contributed by atoms with Crippen LogP contribution in [0.25, 0.3) is 87.4 Å². The Hall–Kier alpha value is -8.42. The molecule has 0 aliphatic carbocycles. The average molecular weight is 819 g/mol. The zero-order valence-electron chi connectivity index (χ0n) is 33.4. The van der Waals surface area contributed by atoms with Crippen LogP contribution in [0.5, 0.6) is 0 Å². The Bertz CT molecular complexity index is 3960. The number of hydrogen-bond donors (Lipinski definition) is 0. The number of rotatable bonds is 6. The van der Waals surface area contributed by atoms with E-state index in [1.54, 1.807) is 24.3 Å². The highest BCUT2D eigenvalue weighted by atomic mass is 19.1. The number of nitrogens with zero attached hydrogens (tertiary/aromatic N) is 2. The molecule has 0 saturated heterocycles. The zero-order chi connectivity index (χ0) is 41.8. The maximum absolute atomic E-state index is 14.7. The third kappa shape index (κ3) is 5.33. The van der Waals surface area contributed by atoms with Crippen LogP contribution in [0, 0.1) is 11.6 Å². The molecule has 3 aromatic heterocycles. The van der Waals surface area contributed by atoms with Crippen LogP contribution in [0.4, 0.5) is 42.9 Å². The first-order valence-corrected chi connectivity index (χ1v) is 20.8. The van der Waals surface area contributed by atoms with Crippen LogP contribution in [0.15, 0.2) is 207 Å². The smallest absolute Gasteiger partial charge is 0.159 e. The van der Waals surface area contributed by atoms with Crippen molar-refractivity contribution in [2.75, 3.05) is 9.80 Å². The normalized spacial score (nSPS) is 12.0. The molecule has 0 bridgehead atoms. The number of anilines is 6. The highest BCUT2D eigenvalue weighted by Crippen LogP contribution is 2.51. The summed E-state index contributed by atoms with van der Waals surface area (Å²) >= 11 is 0. The standard InChI is InChI=1S/C56H32F2N2O3/c57-33-23-27-35(28-24-33)59(46-19-9-17-43-39-13-5-7-21-50(39)61-55(43)46)48-31-45-53-41-15-3-1-11-37(41)49(32-52(53)63-54(45)42-16-4-2-12-38(42)48)60(36-29-25-34(58)26-30-36)47-20-10-18-44-40-14-6-8-22-51(40)62-56(44)47/h1-32H. The maximum atomic E-state index is 14.7. The molecule has 0 saturated carbocycles. The van der Waals surface area contributed by atoms with Gasteiger partial charge >= 0.3 is 0 Å². The van der Waals surface area contributed by atoms with Gasteiger partial charge in [0.05, 0.1) is 22.7 Å². The van der Waals surface area contributed by atoms with Crippen LogP contribution in [0.3, 0.4) is 0 Å². The lowest BCUT2D eigenvalue weighted by Gasteiger charge is -2.27. The van der Waals surface area contributed by atoms with Crippen LogP contribution in [0.1, 0.15) is 0 Å². The second kappa shape index (κ2) is 13.5. The topological polar surface area (TPSA) is 45.9 Å². The lowest BCUT2D eigenvalue weighted by molar-refractivity contribution is 0.627. The molecule has 0 unspecified atom stereocenters. The summed E-state index contributed by atoms with van der Waals surface area (Å²) in [5.41, 5.74) is 9.28. The Morgan fingerprint density at radius 3 is 1.22 bits per heavy atom. The number of benzene rings is 10. The lowest BCUT2D eigenvalue weighted by atomic mass is 9.98. The van der Waals surface area contributed by atoms with Crippen molar-refractivity contribution in [3.05, 3.63) is 206 Å². The first-order chi connectivity index (χ1) is 31.1. The van der Waals surface area contributed by atoms with Gasteiger partial charge in [0, 0.05) is 65.9 Å². The molecule has 0 atom stereocenters. The highest BCUT2D eigenvalue weighted by molar-refractivity contribution is 6.28. The Morgan fingerprint density at radius 2 is 0.683 bits per heavy atom. The van der Waals surface area contributed by atoms with Crippen LogP contribution < -0.4 is 9.80 Å². The molecule has 0 amide bonds. The second-order valence-electron chi connectivity index (χ2n) is 15.9. The Kier molecular flexibility index (Phi) is 7.60. The molecule has 298 valence electrons. The SMILES string of the molecule is Fc1ccc(N(c2cc3c(oc4cc(N(c5ccc(F)cc5)c5cccc6c5oc5ccccc56)c5ccccc5c43)c3ccccc23)c2cccc3c2oc2ccccc23)cc1. The van der Waals surface area contributed by atoms with Crippen LogP contribution in [-0.2, 0) is 0 Å². The van der Waals surface area contributed by atoms with E-state index in [0.29, 0.717) is 11.2 Å². The molecule has 10 aromatic carbocycles. The molecule has 0 N–H and O–H groups in total. The Labute approximate surface area is 357 Å². The van der Waals surface area contributed by atoms with E-state index in [1.807, 2.05) is 78.9 Å². The van der Waals surface area contributed by atoms with Crippen LogP contribution in [-0.4, -0.2) is 0 Å². The van der Waals surface area contributed by atoms with E-state index in [9.17, 15) is 8.78 Å². The average Bonchev–Trinajstić information content (AvgIpc) is 4.03.